The number of aldehydes is 1. The minimum atomic E-state index is 0.353. The highest BCUT2D eigenvalue weighted by Crippen LogP contribution is 2.54. The van der Waals surface area contributed by atoms with Gasteiger partial charge in [-0.1, -0.05) is 37.1 Å². The molecule has 1 aromatic rings. The lowest BCUT2D eigenvalue weighted by atomic mass is 9.66. The van der Waals surface area contributed by atoms with Crippen molar-refractivity contribution in [2.45, 2.75) is 39.0 Å². The van der Waals surface area contributed by atoms with Gasteiger partial charge in [0.2, 0.25) is 0 Å². The van der Waals surface area contributed by atoms with Crippen molar-refractivity contribution in [3.8, 4) is 0 Å². The van der Waals surface area contributed by atoms with Crippen LogP contribution in [0.2, 0.25) is 5.02 Å². The summed E-state index contributed by atoms with van der Waals surface area (Å²) in [6, 6.07) is 7.90. The van der Waals surface area contributed by atoms with Crippen LogP contribution in [-0.4, -0.2) is 6.29 Å². The third-order valence-corrected chi connectivity index (χ3v) is 5.31. The number of hydrogen-bond donors (Lipinski definition) is 0. The van der Waals surface area contributed by atoms with Crippen molar-refractivity contribution in [2.24, 2.45) is 11.3 Å². The molecular formula is C17H19ClO. The topological polar surface area (TPSA) is 17.1 Å². The first-order valence-electron chi connectivity index (χ1n) is 7.05. The molecule has 0 aromatic heterocycles. The van der Waals surface area contributed by atoms with Crippen molar-refractivity contribution in [3.05, 3.63) is 40.4 Å². The van der Waals surface area contributed by atoms with Gasteiger partial charge in [0.1, 0.15) is 6.29 Å². The largest absolute Gasteiger partial charge is 0.298 e. The fraction of sp³-hybridized carbons (Fsp3) is 0.471. The van der Waals surface area contributed by atoms with Gasteiger partial charge in [-0.25, -0.2) is 0 Å². The number of fused-ring (bicyclic) bond motifs is 1. The van der Waals surface area contributed by atoms with Crippen LogP contribution in [0.5, 0.6) is 0 Å². The Morgan fingerprint density at radius 3 is 2.74 bits per heavy atom. The van der Waals surface area contributed by atoms with Crippen molar-refractivity contribution >= 4 is 23.5 Å². The van der Waals surface area contributed by atoms with Crippen LogP contribution in [0.3, 0.4) is 0 Å². The highest BCUT2D eigenvalue weighted by molar-refractivity contribution is 6.30. The zero-order valence-electron chi connectivity index (χ0n) is 11.3. The summed E-state index contributed by atoms with van der Waals surface area (Å²) in [5, 5.41) is 0.749. The van der Waals surface area contributed by atoms with E-state index in [1.807, 2.05) is 24.3 Å². The molecule has 0 aliphatic heterocycles. The van der Waals surface area contributed by atoms with Crippen LogP contribution in [0.4, 0.5) is 0 Å². The normalized spacial score (nSPS) is 30.3. The molecule has 1 saturated carbocycles. The molecule has 100 valence electrons. The number of allylic oxidation sites excluding steroid dienone is 2. The third kappa shape index (κ3) is 2.25. The highest BCUT2D eigenvalue weighted by atomic mass is 35.5. The zero-order chi connectivity index (χ0) is 13.5. The molecule has 0 radical (unpaired) electrons. The molecule has 2 aliphatic rings. The smallest absolute Gasteiger partial charge is 0.146 e. The minimum absolute atomic E-state index is 0.353. The SMILES string of the molecule is C[C@]12CCC[C@H]1CC(c1ccc(Cl)cc1)=C(C=O)C2. The summed E-state index contributed by atoms with van der Waals surface area (Å²) in [6.07, 6.45) is 6.94. The quantitative estimate of drug-likeness (QED) is 0.702. The number of halogens is 1. The van der Waals surface area contributed by atoms with E-state index in [9.17, 15) is 4.79 Å². The number of rotatable bonds is 2. The molecule has 2 aliphatic carbocycles. The molecule has 0 amide bonds. The summed E-state index contributed by atoms with van der Waals surface area (Å²) in [5.74, 6) is 0.738. The summed E-state index contributed by atoms with van der Waals surface area (Å²) >= 11 is 5.95. The van der Waals surface area contributed by atoms with E-state index in [2.05, 4.69) is 6.92 Å². The Labute approximate surface area is 119 Å². The van der Waals surface area contributed by atoms with Crippen LogP contribution < -0.4 is 0 Å². The van der Waals surface area contributed by atoms with Crippen molar-refractivity contribution in [1.82, 2.24) is 0 Å². The van der Waals surface area contributed by atoms with Crippen LogP contribution in [-0.2, 0) is 4.79 Å². The lowest BCUT2D eigenvalue weighted by molar-refractivity contribution is -0.105. The molecule has 3 rings (SSSR count). The standard InChI is InChI=1S/C17H19ClO/c1-17-8-2-3-14(17)9-16(13(10-17)11-19)12-4-6-15(18)7-5-12/h4-7,11,14H,2-3,8-10H2,1H3/t14-,17+/m0/s1. The van der Waals surface area contributed by atoms with E-state index < -0.39 is 0 Å². The average molecular weight is 275 g/mol. The maximum Gasteiger partial charge on any atom is 0.146 e. The lowest BCUT2D eigenvalue weighted by Crippen LogP contribution is -2.27. The van der Waals surface area contributed by atoms with Gasteiger partial charge in [-0.15, -0.1) is 0 Å². The molecule has 19 heavy (non-hydrogen) atoms. The summed E-state index contributed by atoms with van der Waals surface area (Å²) in [4.78, 5) is 11.5. The van der Waals surface area contributed by atoms with Gasteiger partial charge in [0.25, 0.3) is 0 Å². The van der Waals surface area contributed by atoms with Gasteiger partial charge in [0.05, 0.1) is 0 Å². The summed E-state index contributed by atoms with van der Waals surface area (Å²) in [6.45, 7) is 2.35. The molecule has 1 nitrogen and oxygen atoms in total. The summed E-state index contributed by atoms with van der Waals surface area (Å²) in [7, 11) is 0. The van der Waals surface area contributed by atoms with E-state index >= 15 is 0 Å². The van der Waals surface area contributed by atoms with Crippen LogP contribution >= 0.6 is 11.6 Å². The molecule has 2 atom stereocenters. The minimum Gasteiger partial charge on any atom is -0.298 e. The van der Waals surface area contributed by atoms with Crippen LogP contribution in [0.15, 0.2) is 29.8 Å². The van der Waals surface area contributed by atoms with Crippen molar-refractivity contribution in [2.75, 3.05) is 0 Å². The molecule has 0 bridgehead atoms. The van der Waals surface area contributed by atoms with Gasteiger partial charge in [-0.05, 0) is 65.9 Å². The van der Waals surface area contributed by atoms with Gasteiger partial charge in [-0.2, -0.15) is 0 Å². The fourth-order valence-corrected chi connectivity index (χ4v) is 4.00. The van der Waals surface area contributed by atoms with Crippen LogP contribution in [0, 0.1) is 11.3 Å². The van der Waals surface area contributed by atoms with E-state index in [4.69, 9.17) is 11.6 Å². The molecule has 1 fully saturated rings. The maximum atomic E-state index is 11.5. The fourth-order valence-electron chi connectivity index (χ4n) is 3.87. The Morgan fingerprint density at radius 1 is 1.32 bits per heavy atom. The maximum absolute atomic E-state index is 11.5. The predicted octanol–water partition coefficient (Wildman–Crippen LogP) is 4.89. The van der Waals surface area contributed by atoms with E-state index in [1.165, 1.54) is 30.4 Å². The van der Waals surface area contributed by atoms with Crippen LogP contribution in [0.25, 0.3) is 5.57 Å². The van der Waals surface area contributed by atoms with Gasteiger partial charge in [0, 0.05) is 5.02 Å². The predicted molar refractivity (Wildman–Crippen MR) is 79.1 cm³/mol. The second-order valence-corrected chi connectivity index (χ2v) is 6.69. The molecule has 0 unspecified atom stereocenters. The van der Waals surface area contributed by atoms with Gasteiger partial charge in [-0.3, -0.25) is 4.79 Å². The van der Waals surface area contributed by atoms with Crippen molar-refractivity contribution < 1.29 is 4.79 Å². The average Bonchev–Trinajstić information content (AvgIpc) is 2.78. The highest BCUT2D eigenvalue weighted by Gasteiger charge is 2.42. The monoisotopic (exact) mass is 274 g/mol. The van der Waals surface area contributed by atoms with Crippen molar-refractivity contribution in [3.63, 3.8) is 0 Å². The van der Waals surface area contributed by atoms with E-state index in [-0.39, 0.29) is 0 Å². The van der Waals surface area contributed by atoms with E-state index in [0.717, 1.165) is 35.6 Å². The molecule has 2 heteroatoms. The number of benzene rings is 1. The van der Waals surface area contributed by atoms with Crippen LogP contribution in [0.1, 0.15) is 44.6 Å². The van der Waals surface area contributed by atoms with Gasteiger partial charge >= 0.3 is 0 Å². The third-order valence-electron chi connectivity index (χ3n) is 5.05. The molecule has 1 aromatic carbocycles. The van der Waals surface area contributed by atoms with E-state index in [0.29, 0.717) is 5.41 Å². The molecule has 0 saturated heterocycles. The Balaban J connectivity index is 2.00. The number of carbonyl (C=O) groups is 1. The van der Waals surface area contributed by atoms with Gasteiger partial charge in [0.15, 0.2) is 0 Å². The summed E-state index contributed by atoms with van der Waals surface area (Å²) in [5.41, 5.74) is 3.77. The lowest BCUT2D eigenvalue weighted by Gasteiger charge is -2.37. The Morgan fingerprint density at radius 2 is 2.05 bits per heavy atom. The van der Waals surface area contributed by atoms with Crippen molar-refractivity contribution in [1.29, 1.82) is 0 Å². The Kier molecular flexibility index (Phi) is 3.26. The number of hydrogen-bond acceptors (Lipinski definition) is 1. The molecule has 0 spiro atoms. The summed E-state index contributed by atoms with van der Waals surface area (Å²) < 4.78 is 0. The second-order valence-electron chi connectivity index (χ2n) is 6.25. The molecule has 0 N–H and O–H groups in total. The zero-order valence-corrected chi connectivity index (χ0v) is 12.0. The second kappa shape index (κ2) is 4.79. The first-order valence-corrected chi connectivity index (χ1v) is 7.43. The number of carbonyl (C=O) groups excluding carboxylic acids is 1. The molecule has 0 heterocycles. The molecular weight excluding hydrogens is 256 g/mol. The Hall–Kier alpha value is -1.08. The first kappa shape index (κ1) is 12.9. The van der Waals surface area contributed by atoms with E-state index in [1.54, 1.807) is 0 Å². The van der Waals surface area contributed by atoms with Gasteiger partial charge < -0.3 is 0 Å². The Bertz CT molecular complexity index is 529. The first-order chi connectivity index (χ1) is 9.12.